The minimum absolute atomic E-state index is 0. The number of sulfone groups is 1. The van der Waals surface area contributed by atoms with Crippen molar-refractivity contribution in [1.29, 1.82) is 0 Å². The van der Waals surface area contributed by atoms with E-state index in [4.69, 9.17) is 17.3 Å². The van der Waals surface area contributed by atoms with E-state index in [9.17, 15) is 13.2 Å². The fraction of sp³-hybridized carbons (Fsp3) is 0.278. The minimum Gasteiger partial charge on any atom is -0.345 e. The Labute approximate surface area is 165 Å². The van der Waals surface area contributed by atoms with Crippen molar-refractivity contribution in [1.82, 2.24) is 5.32 Å². The molecule has 0 aromatic heterocycles. The Morgan fingerprint density at radius 2 is 1.77 bits per heavy atom. The smallest absolute Gasteiger partial charge is 0.224 e. The highest BCUT2D eigenvalue weighted by Crippen LogP contribution is 2.26. The molecule has 0 heterocycles. The van der Waals surface area contributed by atoms with E-state index < -0.39 is 15.9 Å². The third-order valence-electron chi connectivity index (χ3n) is 3.91. The van der Waals surface area contributed by atoms with Crippen LogP contribution >= 0.6 is 24.0 Å². The summed E-state index contributed by atoms with van der Waals surface area (Å²) in [5, 5.41) is 3.52. The molecule has 0 fully saturated rings. The Kier molecular flexibility index (Phi) is 8.09. The van der Waals surface area contributed by atoms with Crippen LogP contribution in [-0.4, -0.2) is 27.1 Å². The maximum absolute atomic E-state index is 12.3. The molecule has 8 heteroatoms. The van der Waals surface area contributed by atoms with Gasteiger partial charge in [-0.1, -0.05) is 42.8 Å². The Balaban J connectivity index is 0.00000338. The van der Waals surface area contributed by atoms with Crippen molar-refractivity contribution < 1.29 is 13.2 Å². The fourth-order valence-electron chi connectivity index (χ4n) is 2.33. The van der Waals surface area contributed by atoms with E-state index in [1.54, 1.807) is 49.4 Å². The van der Waals surface area contributed by atoms with Gasteiger partial charge in [-0.15, -0.1) is 12.4 Å². The van der Waals surface area contributed by atoms with Gasteiger partial charge in [0.25, 0.3) is 0 Å². The van der Waals surface area contributed by atoms with Crippen LogP contribution in [0.25, 0.3) is 0 Å². The summed E-state index contributed by atoms with van der Waals surface area (Å²) in [4.78, 5) is 12.5. The lowest BCUT2D eigenvalue weighted by Gasteiger charge is -2.22. The van der Waals surface area contributed by atoms with Crippen LogP contribution in [0, 0.1) is 5.92 Å². The maximum Gasteiger partial charge on any atom is 0.224 e. The fourth-order valence-corrected chi connectivity index (χ4v) is 3.13. The van der Waals surface area contributed by atoms with Crippen molar-refractivity contribution in [2.45, 2.75) is 17.9 Å². The summed E-state index contributed by atoms with van der Waals surface area (Å²) in [5.41, 5.74) is 7.04. The molecule has 1 amide bonds. The van der Waals surface area contributed by atoms with Crippen molar-refractivity contribution >= 4 is 39.8 Å². The zero-order chi connectivity index (χ0) is 18.6. The molecule has 2 aromatic carbocycles. The minimum atomic E-state index is -3.35. The van der Waals surface area contributed by atoms with E-state index >= 15 is 0 Å². The van der Waals surface area contributed by atoms with Gasteiger partial charge in [-0.05, 0) is 35.4 Å². The number of carbonyl (C=O) groups is 1. The molecule has 0 aliphatic rings. The maximum atomic E-state index is 12.3. The van der Waals surface area contributed by atoms with Crippen LogP contribution in [0.4, 0.5) is 0 Å². The monoisotopic (exact) mass is 416 g/mol. The first kappa shape index (κ1) is 22.4. The molecule has 26 heavy (non-hydrogen) atoms. The molecule has 2 rings (SSSR count). The third-order valence-corrected chi connectivity index (χ3v) is 5.27. The lowest BCUT2D eigenvalue weighted by Crippen LogP contribution is -2.36. The third kappa shape index (κ3) is 5.71. The first-order valence-corrected chi connectivity index (χ1v) is 10.0. The predicted molar refractivity (Wildman–Crippen MR) is 106 cm³/mol. The summed E-state index contributed by atoms with van der Waals surface area (Å²) in [6, 6.07) is 13.1. The average molecular weight is 417 g/mol. The van der Waals surface area contributed by atoms with E-state index in [-0.39, 0.29) is 35.7 Å². The molecule has 3 N–H and O–H groups in total. The van der Waals surface area contributed by atoms with Gasteiger partial charge in [0, 0.05) is 23.7 Å². The molecule has 2 aromatic rings. The van der Waals surface area contributed by atoms with Crippen LogP contribution in [0.3, 0.4) is 0 Å². The van der Waals surface area contributed by atoms with Crippen LogP contribution in [0.5, 0.6) is 0 Å². The van der Waals surface area contributed by atoms with Crippen molar-refractivity contribution in [3.8, 4) is 0 Å². The van der Waals surface area contributed by atoms with Gasteiger partial charge >= 0.3 is 0 Å². The van der Waals surface area contributed by atoms with Gasteiger partial charge in [0.15, 0.2) is 9.84 Å². The molecule has 0 aliphatic carbocycles. The standard InChI is InChI=1S/C18H21ClN2O3S.ClH/c1-12(11-20)18(22)21-17(13-6-8-15(19)9-7-13)14-4-3-5-16(10-14)25(2,23)24;/h3-10,12,17H,11,20H2,1-2H3,(H,21,22);1H. The summed E-state index contributed by atoms with van der Waals surface area (Å²) in [6.45, 7) is 1.96. The number of rotatable bonds is 6. The second-order valence-corrected chi connectivity index (χ2v) is 8.43. The number of nitrogens with one attached hydrogen (secondary N) is 1. The Morgan fingerprint density at radius 3 is 2.31 bits per heavy atom. The molecule has 0 aliphatic heterocycles. The lowest BCUT2D eigenvalue weighted by atomic mass is 9.98. The molecule has 0 saturated heterocycles. The van der Waals surface area contributed by atoms with Crippen LogP contribution in [0.1, 0.15) is 24.1 Å². The van der Waals surface area contributed by atoms with Gasteiger partial charge in [-0.2, -0.15) is 0 Å². The van der Waals surface area contributed by atoms with E-state index in [0.29, 0.717) is 10.6 Å². The average Bonchev–Trinajstić information content (AvgIpc) is 2.59. The highest BCUT2D eigenvalue weighted by Gasteiger charge is 2.21. The Hall–Kier alpha value is -1.60. The number of hydrogen-bond acceptors (Lipinski definition) is 4. The largest absolute Gasteiger partial charge is 0.345 e. The summed E-state index contributed by atoms with van der Waals surface area (Å²) in [5.74, 6) is -0.555. The SMILES string of the molecule is CC(CN)C(=O)NC(c1ccc(Cl)cc1)c1cccc(S(C)(=O)=O)c1.Cl. The first-order chi connectivity index (χ1) is 11.7. The van der Waals surface area contributed by atoms with Crippen molar-refractivity contribution in [3.05, 3.63) is 64.7 Å². The highest BCUT2D eigenvalue weighted by atomic mass is 35.5. The van der Waals surface area contributed by atoms with Gasteiger partial charge in [0.1, 0.15) is 0 Å². The number of halogens is 2. The molecular formula is C18H22Cl2N2O3S. The van der Waals surface area contributed by atoms with Gasteiger partial charge in [0.2, 0.25) is 5.91 Å². The predicted octanol–water partition coefficient (Wildman–Crippen LogP) is 2.97. The molecule has 0 spiro atoms. The van der Waals surface area contributed by atoms with E-state index in [0.717, 1.165) is 11.8 Å². The number of carbonyl (C=O) groups excluding carboxylic acids is 1. The Bertz CT molecular complexity index is 855. The summed E-state index contributed by atoms with van der Waals surface area (Å²) in [6.07, 6.45) is 1.15. The van der Waals surface area contributed by atoms with Crippen molar-refractivity contribution in [3.63, 3.8) is 0 Å². The summed E-state index contributed by atoms with van der Waals surface area (Å²) < 4.78 is 23.7. The normalized spacial score (nSPS) is 13.4. The van der Waals surface area contributed by atoms with Gasteiger partial charge in [0.05, 0.1) is 10.9 Å². The van der Waals surface area contributed by atoms with Crippen LogP contribution in [0.15, 0.2) is 53.4 Å². The van der Waals surface area contributed by atoms with Gasteiger partial charge in [-0.25, -0.2) is 8.42 Å². The summed E-state index contributed by atoms with van der Waals surface area (Å²) >= 11 is 5.94. The molecular weight excluding hydrogens is 395 g/mol. The first-order valence-electron chi connectivity index (χ1n) is 7.78. The second-order valence-electron chi connectivity index (χ2n) is 5.97. The number of nitrogens with two attached hydrogens (primary N) is 1. The highest BCUT2D eigenvalue weighted by molar-refractivity contribution is 7.90. The van der Waals surface area contributed by atoms with Crippen molar-refractivity contribution in [2.75, 3.05) is 12.8 Å². The molecule has 5 nitrogen and oxygen atoms in total. The lowest BCUT2D eigenvalue weighted by molar-refractivity contribution is -0.124. The molecule has 142 valence electrons. The Morgan fingerprint density at radius 1 is 1.15 bits per heavy atom. The van der Waals surface area contributed by atoms with Gasteiger partial charge < -0.3 is 11.1 Å². The number of benzene rings is 2. The molecule has 2 unspecified atom stereocenters. The van der Waals surface area contributed by atoms with E-state index in [1.807, 2.05) is 0 Å². The van der Waals surface area contributed by atoms with E-state index in [1.165, 1.54) is 6.07 Å². The van der Waals surface area contributed by atoms with E-state index in [2.05, 4.69) is 5.32 Å². The van der Waals surface area contributed by atoms with Crippen LogP contribution < -0.4 is 11.1 Å². The summed E-state index contributed by atoms with van der Waals surface area (Å²) in [7, 11) is -3.35. The van der Waals surface area contributed by atoms with Gasteiger partial charge in [-0.3, -0.25) is 4.79 Å². The molecule has 0 bridgehead atoms. The van der Waals surface area contributed by atoms with Crippen molar-refractivity contribution in [2.24, 2.45) is 11.7 Å². The molecule has 0 radical (unpaired) electrons. The quantitative estimate of drug-likeness (QED) is 0.756. The number of hydrogen-bond donors (Lipinski definition) is 2. The second kappa shape index (κ2) is 9.37. The topological polar surface area (TPSA) is 89.3 Å². The zero-order valence-electron chi connectivity index (χ0n) is 14.5. The van der Waals surface area contributed by atoms with Crippen LogP contribution in [0.2, 0.25) is 5.02 Å². The number of amides is 1. The zero-order valence-corrected chi connectivity index (χ0v) is 16.9. The molecule has 0 saturated carbocycles. The molecule has 2 atom stereocenters. The van der Waals surface area contributed by atoms with Crippen LogP contribution in [-0.2, 0) is 14.6 Å².